The Morgan fingerprint density at radius 1 is 1.44 bits per heavy atom. The quantitative estimate of drug-likeness (QED) is 0.652. The maximum atomic E-state index is 10.7. The Bertz CT molecular complexity index is 591. The SMILES string of the molecule is COc1cc2c(CC(=O)O)cncc2cc1O.[H-].[Li+]. The van der Waals surface area contributed by atoms with Crippen LogP contribution >= 0.6 is 0 Å². The molecule has 5 nitrogen and oxygen atoms in total. The number of nitrogens with zero attached hydrogens (tertiary/aromatic N) is 1. The molecule has 1 aromatic carbocycles. The fourth-order valence-electron chi connectivity index (χ4n) is 1.71. The minimum Gasteiger partial charge on any atom is -1.00 e. The number of carboxylic acids is 1. The van der Waals surface area contributed by atoms with E-state index in [1.165, 1.54) is 19.4 Å². The van der Waals surface area contributed by atoms with Crippen LogP contribution in [0.15, 0.2) is 24.5 Å². The maximum absolute atomic E-state index is 10.7. The molecular formula is C12H12LiNO4. The van der Waals surface area contributed by atoms with Gasteiger partial charge in [-0.1, -0.05) is 0 Å². The third-order valence-corrected chi connectivity index (χ3v) is 2.48. The van der Waals surface area contributed by atoms with Crippen LogP contribution in [0.2, 0.25) is 0 Å². The number of benzene rings is 1. The van der Waals surface area contributed by atoms with Crippen LogP contribution < -0.4 is 23.6 Å². The number of phenols is 1. The number of phenolic OH excluding ortho intramolecular Hbond substituents is 1. The van der Waals surface area contributed by atoms with Crippen molar-refractivity contribution in [2.75, 3.05) is 7.11 Å². The van der Waals surface area contributed by atoms with Gasteiger partial charge >= 0.3 is 24.8 Å². The van der Waals surface area contributed by atoms with E-state index in [4.69, 9.17) is 9.84 Å². The number of methoxy groups -OCH3 is 1. The number of aromatic nitrogens is 1. The molecule has 0 saturated carbocycles. The first-order valence-corrected chi connectivity index (χ1v) is 4.97. The van der Waals surface area contributed by atoms with Gasteiger partial charge < -0.3 is 16.4 Å². The number of ether oxygens (including phenoxy) is 1. The van der Waals surface area contributed by atoms with Gasteiger partial charge in [0.25, 0.3) is 0 Å². The first kappa shape index (κ1) is 14.4. The molecule has 0 saturated heterocycles. The number of pyridine rings is 1. The smallest absolute Gasteiger partial charge is 1.00 e. The van der Waals surface area contributed by atoms with E-state index in [1.807, 2.05) is 0 Å². The van der Waals surface area contributed by atoms with Crippen LogP contribution in [0.25, 0.3) is 10.8 Å². The number of aromatic hydroxyl groups is 1. The van der Waals surface area contributed by atoms with Crippen molar-refractivity contribution in [2.45, 2.75) is 6.42 Å². The first-order chi connectivity index (χ1) is 8.11. The normalized spacial score (nSPS) is 9.83. The topological polar surface area (TPSA) is 79.7 Å². The molecule has 0 atom stereocenters. The fraction of sp³-hybridized carbons (Fsp3) is 0.167. The summed E-state index contributed by atoms with van der Waals surface area (Å²) in [6.07, 6.45) is 2.96. The van der Waals surface area contributed by atoms with Crippen LogP contribution in [0.1, 0.15) is 6.99 Å². The average Bonchev–Trinajstić information content (AvgIpc) is 2.27. The van der Waals surface area contributed by atoms with Crippen molar-refractivity contribution >= 4 is 16.7 Å². The molecule has 1 aromatic heterocycles. The van der Waals surface area contributed by atoms with Crippen LogP contribution in [0.3, 0.4) is 0 Å². The predicted octanol–water partition coefficient (Wildman–Crippen LogP) is -1.31. The van der Waals surface area contributed by atoms with Crippen molar-refractivity contribution in [3.05, 3.63) is 30.1 Å². The van der Waals surface area contributed by atoms with Gasteiger partial charge in [-0.3, -0.25) is 9.78 Å². The Kier molecular flexibility index (Phi) is 4.60. The van der Waals surface area contributed by atoms with Crippen molar-refractivity contribution in [3.63, 3.8) is 0 Å². The molecule has 2 aromatic rings. The van der Waals surface area contributed by atoms with Gasteiger partial charge in [0.15, 0.2) is 11.5 Å². The molecule has 0 fully saturated rings. The van der Waals surface area contributed by atoms with Gasteiger partial charge in [-0.25, -0.2) is 0 Å². The van der Waals surface area contributed by atoms with Crippen LogP contribution in [-0.2, 0) is 11.2 Å². The van der Waals surface area contributed by atoms with Crippen LogP contribution in [0.5, 0.6) is 11.5 Å². The van der Waals surface area contributed by atoms with Crippen molar-refractivity contribution in [1.82, 2.24) is 4.98 Å². The summed E-state index contributed by atoms with van der Waals surface area (Å²) in [4.78, 5) is 14.7. The van der Waals surface area contributed by atoms with E-state index >= 15 is 0 Å². The number of carboxylic acid groups (broad SMARTS) is 1. The Morgan fingerprint density at radius 2 is 2.17 bits per heavy atom. The number of rotatable bonds is 3. The van der Waals surface area contributed by atoms with Crippen LogP contribution in [0, 0.1) is 0 Å². The van der Waals surface area contributed by atoms with Gasteiger partial charge in [0.05, 0.1) is 13.5 Å². The average molecular weight is 241 g/mol. The van der Waals surface area contributed by atoms with Gasteiger partial charge in [-0.05, 0) is 23.1 Å². The van der Waals surface area contributed by atoms with Crippen molar-refractivity contribution in [3.8, 4) is 11.5 Å². The van der Waals surface area contributed by atoms with Crippen molar-refractivity contribution in [2.24, 2.45) is 0 Å². The fourth-order valence-corrected chi connectivity index (χ4v) is 1.71. The molecule has 6 heteroatoms. The van der Waals surface area contributed by atoms with E-state index in [0.717, 1.165) is 5.39 Å². The van der Waals surface area contributed by atoms with E-state index in [2.05, 4.69) is 4.98 Å². The van der Waals surface area contributed by atoms with Gasteiger partial charge in [0.1, 0.15) is 0 Å². The number of fused-ring (bicyclic) bond motifs is 1. The minimum atomic E-state index is -0.925. The minimum absolute atomic E-state index is 0. The summed E-state index contributed by atoms with van der Waals surface area (Å²) in [5, 5.41) is 19.8. The van der Waals surface area contributed by atoms with Gasteiger partial charge in [0.2, 0.25) is 0 Å². The monoisotopic (exact) mass is 241 g/mol. The summed E-state index contributed by atoms with van der Waals surface area (Å²) in [6, 6.07) is 3.12. The molecule has 2 N–H and O–H groups in total. The number of hydrogen-bond acceptors (Lipinski definition) is 4. The number of carbonyl (C=O) groups is 1. The Labute approximate surface area is 117 Å². The Hall–Kier alpha value is -1.70. The third kappa shape index (κ3) is 2.75. The van der Waals surface area contributed by atoms with E-state index in [1.54, 1.807) is 12.3 Å². The second kappa shape index (κ2) is 5.76. The van der Waals surface area contributed by atoms with E-state index in [9.17, 15) is 9.90 Å². The molecule has 0 amide bonds. The molecule has 90 valence electrons. The molecule has 0 radical (unpaired) electrons. The van der Waals surface area contributed by atoms with E-state index < -0.39 is 5.97 Å². The molecule has 0 bridgehead atoms. The Morgan fingerprint density at radius 3 is 2.78 bits per heavy atom. The molecule has 2 rings (SSSR count). The van der Waals surface area contributed by atoms with E-state index in [0.29, 0.717) is 16.7 Å². The Balaban J connectivity index is 0.00000162. The summed E-state index contributed by atoms with van der Waals surface area (Å²) in [5.74, 6) is -0.601. The molecule has 0 aliphatic heterocycles. The van der Waals surface area contributed by atoms with Gasteiger partial charge in [0, 0.05) is 17.8 Å². The molecule has 0 aliphatic rings. The van der Waals surface area contributed by atoms with Crippen molar-refractivity contribution < 1.29 is 40.0 Å². The zero-order chi connectivity index (χ0) is 12.4. The summed E-state index contributed by atoms with van der Waals surface area (Å²) in [7, 11) is 1.44. The van der Waals surface area contributed by atoms with Crippen molar-refractivity contribution in [1.29, 1.82) is 0 Å². The number of aliphatic carboxylic acids is 1. The zero-order valence-corrected chi connectivity index (χ0v) is 10.2. The first-order valence-electron chi connectivity index (χ1n) is 4.97. The van der Waals surface area contributed by atoms with Gasteiger partial charge in [-0.2, -0.15) is 0 Å². The maximum Gasteiger partial charge on any atom is 1.00 e. The second-order valence-electron chi connectivity index (χ2n) is 3.61. The van der Waals surface area contributed by atoms with Gasteiger partial charge in [-0.15, -0.1) is 0 Å². The summed E-state index contributed by atoms with van der Waals surface area (Å²) in [6.45, 7) is 0. The molecule has 0 aliphatic carbocycles. The van der Waals surface area contributed by atoms with Crippen LogP contribution in [-0.4, -0.2) is 28.3 Å². The standard InChI is InChI=1S/C12H11NO4.Li.H/c1-17-11-4-9-7(2-10(11)14)5-13-6-8(9)3-12(15)16;;/h2,4-6,14H,3H2,1H3,(H,15,16);;/q;+1;-1. The third-order valence-electron chi connectivity index (χ3n) is 2.48. The molecule has 0 unspecified atom stereocenters. The summed E-state index contributed by atoms with van der Waals surface area (Å²) < 4.78 is 5.00. The zero-order valence-electron chi connectivity index (χ0n) is 11.2. The summed E-state index contributed by atoms with van der Waals surface area (Å²) in [5.41, 5.74) is 0.591. The van der Waals surface area contributed by atoms with Crippen LogP contribution in [0.4, 0.5) is 0 Å². The van der Waals surface area contributed by atoms with E-state index in [-0.39, 0.29) is 32.5 Å². The molecular weight excluding hydrogens is 229 g/mol. The summed E-state index contributed by atoms with van der Waals surface area (Å²) >= 11 is 0. The molecule has 1 heterocycles. The molecule has 18 heavy (non-hydrogen) atoms. The number of hydrogen-bond donors (Lipinski definition) is 2. The largest absolute Gasteiger partial charge is 1.00 e. The predicted molar refractivity (Wildman–Crippen MR) is 62.4 cm³/mol. The molecule has 0 spiro atoms. The second-order valence-corrected chi connectivity index (χ2v) is 3.61.